The molecule has 0 fully saturated rings. The highest BCUT2D eigenvalue weighted by atomic mass is 35.5. The van der Waals surface area contributed by atoms with E-state index in [-0.39, 0.29) is 6.10 Å². The Balaban J connectivity index is 1.71. The summed E-state index contributed by atoms with van der Waals surface area (Å²) in [6.45, 7) is 0.587. The molecule has 0 radical (unpaired) electrons. The van der Waals surface area contributed by atoms with Crippen molar-refractivity contribution in [1.29, 1.82) is 0 Å². The molecule has 0 aliphatic rings. The minimum absolute atomic E-state index is 0.246. The summed E-state index contributed by atoms with van der Waals surface area (Å²) in [7, 11) is 0. The van der Waals surface area contributed by atoms with Crippen LogP contribution in [0.1, 0.15) is 11.7 Å². The van der Waals surface area contributed by atoms with Crippen LogP contribution in [0.3, 0.4) is 0 Å². The lowest BCUT2D eigenvalue weighted by atomic mass is 10.1. The fraction of sp³-hybridized carbons (Fsp3) is 0.167. The van der Waals surface area contributed by atoms with Gasteiger partial charge in [-0.2, -0.15) is 0 Å². The van der Waals surface area contributed by atoms with E-state index < -0.39 is 0 Å². The molecule has 3 aromatic rings. The summed E-state index contributed by atoms with van der Waals surface area (Å²) in [5.41, 5.74) is 0.875. The van der Waals surface area contributed by atoms with E-state index in [2.05, 4.69) is 4.98 Å². The van der Waals surface area contributed by atoms with Crippen LogP contribution in [0, 0.1) is 0 Å². The largest absolute Gasteiger partial charge is 0.361 e. The van der Waals surface area contributed by atoms with Crippen molar-refractivity contribution in [2.75, 3.05) is 5.94 Å². The Morgan fingerprint density at radius 2 is 1.85 bits per heavy atom. The van der Waals surface area contributed by atoms with Gasteiger partial charge < -0.3 is 9.30 Å². The zero-order valence-corrected chi connectivity index (χ0v) is 17.3. The highest BCUT2D eigenvalue weighted by Crippen LogP contribution is 2.32. The molecule has 0 spiro atoms. The number of rotatable bonds is 7. The number of imidazole rings is 1. The Morgan fingerprint density at radius 3 is 2.54 bits per heavy atom. The first kappa shape index (κ1) is 19.9. The third-order valence-corrected chi connectivity index (χ3v) is 5.77. The van der Waals surface area contributed by atoms with Gasteiger partial charge in [0, 0.05) is 32.9 Å². The summed E-state index contributed by atoms with van der Waals surface area (Å²) >= 11 is 25.9. The van der Waals surface area contributed by atoms with Gasteiger partial charge in [0.1, 0.15) is 6.10 Å². The highest BCUT2D eigenvalue weighted by molar-refractivity contribution is 7.99. The first-order chi connectivity index (χ1) is 12.5. The third kappa shape index (κ3) is 5.32. The molecule has 0 aliphatic carbocycles. The van der Waals surface area contributed by atoms with E-state index in [4.69, 9.17) is 51.1 Å². The molecule has 0 bridgehead atoms. The maximum atomic E-state index is 6.37. The number of ether oxygens (including phenoxy) is 1. The fourth-order valence-electron chi connectivity index (χ4n) is 2.34. The number of hydrogen-bond donors (Lipinski definition) is 0. The Kier molecular flexibility index (Phi) is 7.15. The maximum Gasteiger partial charge on any atom is 0.103 e. The number of aromatic nitrogens is 2. The first-order valence-corrected chi connectivity index (χ1v) is 10.1. The summed E-state index contributed by atoms with van der Waals surface area (Å²) in [6, 6.07) is 10.9. The van der Waals surface area contributed by atoms with Crippen LogP contribution in [0.2, 0.25) is 20.1 Å². The zero-order chi connectivity index (χ0) is 18.5. The molecule has 0 N–H and O–H groups in total. The lowest BCUT2D eigenvalue weighted by Gasteiger charge is -2.20. The van der Waals surface area contributed by atoms with Crippen LogP contribution in [0.4, 0.5) is 0 Å². The summed E-state index contributed by atoms with van der Waals surface area (Å²) in [6.07, 6.45) is 5.10. The van der Waals surface area contributed by atoms with Crippen LogP contribution < -0.4 is 0 Å². The molecule has 1 aromatic heterocycles. The Labute approximate surface area is 176 Å². The smallest absolute Gasteiger partial charge is 0.103 e. The number of nitrogens with zero attached hydrogens (tertiary/aromatic N) is 2. The molecule has 3 nitrogen and oxygen atoms in total. The van der Waals surface area contributed by atoms with Crippen molar-refractivity contribution in [1.82, 2.24) is 9.55 Å². The van der Waals surface area contributed by atoms with Crippen LogP contribution in [-0.4, -0.2) is 15.5 Å². The molecule has 2 aromatic carbocycles. The lowest BCUT2D eigenvalue weighted by Crippen LogP contribution is -2.12. The standard InChI is InChI=1S/C18H14Cl4N2OS/c19-12-1-3-14(16(21)7-12)18(9-24-6-5-23-10-24)25-11-26-13-2-4-15(20)17(22)8-13/h1-8,10,18H,9,11H2. The molecule has 1 unspecified atom stereocenters. The molecule has 0 aliphatic heterocycles. The molecule has 136 valence electrons. The van der Waals surface area contributed by atoms with Gasteiger partial charge in [0.25, 0.3) is 0 Å². The van der Waals surface area contributed by atoms with Crippen LogP contribution in [0.5, 0.6) is 0 Å². The van der Waals surface area contributed by atoms with Crippen molar-refractivity contribution in [2.24, 2.45) is 0 Å². The van der Waals surface area contributed by atoms with Gasteiger partial charge in [0.15, 0.2) is 0 Å². The average molecular weight is 448 g/mol. The SMILES string of the molecule is Clc1ccc(C(Cn2ccnc2)OCSc2ccc(Cl)c(Cl)c2)c(Cl)c1. The predicted molar refractivity (Wildman–Crippen MR) is 110 cm³/mol. The summed E-state index contributed by atoms with van der Waals surface area (Å²) < 4.78 is 8.05. The third-order valence-electron chi connectivity index (χ3n) is 3.63. The number of thioether (sulfide) groups is 1. The minimum Gasteiger partial charge on any atom is -0.361 e. The van der Waals surface area contributed by atoms with Gasteiger partial charge in [-0.15, -0.1) is 0 Å². The van der Waals surface area contributed by atoms with Crippen molar-refractivity contribution in [3.63, 3.8) is 0 Å². The molecular weight excluding hydrogens is 434 g/mol. The van der Waals surface area contributed by atoms with Crippen molar-refractivity contribution >= 4 is 58.2 Å². The average Bonchev–Trinajstić information content (AvgIpc) is 3.10. The van der Waals surface area contributed by atoms with Crippen molar-refractivity contribution in [2.45, 2.75) is 17.5 Å². The quantitative estimate of drug-likeness (QED) is 0.288. The van der Waals surface area contributed by atoms with Gasteiger partial charge in [0.2, 0.25) is 0 Å². The topological polar surface area (TPSA) is 27.1 Å². The molecule has 1 heterocycles. The first-order valence-electron chi connectivity index (χ1n) is 7.63. The monoisotopic (exact) mass is 446 g/mol. The van der Waals surface area contributed by atoms with Crippen molar-refractivity contribution in [3.05, 3.63) is 80.8 Å². The van der Waals surface area contributed by atoms with E-state index in [1.54, 1.807) is 30.7 Å². The van der Waals surface area contributed by atoms with Crippen molar-refractivity contribution in [3.8, 4) is 0 Å². The normalized spacial score (nSPS) is 12.3. The number of hydrogen-bond acceptors (Lipinski definition) is 3. The van der Waals surface area contributed by atoms with Gasteiger partial charge in [-0.25, -0.2) is 4.98 Å². The van der Waals surface area contributed by atoms with Crippen LogP contribution >= 0.6 is 58.2 Å². The van der Waals surface area contributed by atoms with Crippen molar-refractivity contribution < 1.29 is 4.74 Å². The van der Waals surface area contributed by atoms with Gasteiger partial charge in [-0.3, -0.25) is 0 Å². The van der Waals surface area contributed by atoms with Gasteiger partial charge >= 0.3 is 0 Å². The summed E-state index contributed by atoms with van der Waals surface area (Å²) in [5.74, 6) is 0.427. The molecule has 26 heavy (non-hydrogen) atoms. The second kappa shape index (κ2) is 9.36. The van der Waals surface area contributed by atoms with Gasteiger partial charge in [-0.05, 0) is 30.3 Å². The van der Waals surface area contributed by atoms with Gasteiger partial charge in [0.05, 0.1) is 28.9 Å². The van der Waals surface area contributed by atoms with E-state index >= 15 is 0 Å². The molecule has 3 rings (SSSR count). The Bertz CT molecular complexity index is 874. The molecule has 0 amide bonds. The molecule has 8 heteroatoms. The maximum absolute atomic E-state index is 6.37. The molecule has 1 atom stereocenters. The number of halogens is 4. The van der Waals surface area contributed by atoms with E-state index in [0.29, 0.717) is 32.6 Å². The van der Waals surface area contributed by atoms with E-state index in [1.165, 1.54) is 11.8 Å². The molecule has 0 saturated carbocycles. The number of benzene rings is 2. The lowest BCUT2D eigenvalue weighted by molar-refractivity contribution is 0.0759. The van der Waals surface area contributed by atoms with E-state index in [0.717, 1.165) is 10.5 Å². The zero-order valence-electron chi connectivity index (χ0n) is 13.4. The fourth-order valence-corrected chi connectivity index (χ4v) is 3.97. The Hall–Kier alpha value is -0.880. The van der Waals surface area contributed by atoms with Crippen LogP contribution in [0.25, 0.3) is 0 Å². The van der Waals surface area contributed by atoms with Crippen LogP contribution in [-0.2, 0) is 11.3 Å². The summed E-state index contributed by atoms with van der Waals surface area (Å²) in [5, 5.41) is 2.21. The predicted octanol–water partition coefficient (Wildman–Crippen LogP) is 7.00. The van der Waals surface area contributed by atoms with E-state index in [1.807, 2.05) is 29.0 Å². The Morgan fingerprint density at radius 1 is 1.00 bits per heavy atom. The second-order valence-electron chi connectivity index (χ2n) is 5.42. The molecule has 0 saturated heterocycles. The minimum atomic E-state index is -0.246. The highest BCUT2D eigenvalue weighted by Gasteiger charge is 2.17. The van der Waals surface area contributed by atoms with Crippen LogP contribution in [0.15, 0.2) is 60.0 Å². The second-order valence-corrected chi connectivity index (χ2v) is 8.07. The molecular formula is C18H14Cl4N2OS. The summed E-state index contributed by atoms with van der Waals surface area (Å²) in [4.78, 5) is 5.05. The van der Waals surface area contributed by atoms with E-state index in [9.17, 15) is 0 Å². The van der Waals surface area contributed by atoms with Gasteiger partial charge in [-0.1, -0.05) is 64.2 Å².